The highest BCUT2D eigenvalue weighted by atomic mass is 127. The Morgan fingerprint density at radius 1 is 1.04 bits per heavy atom. The molecule has 0 aliphatic rings. The van der Waals surface area contributed by atoms with Crippen molar-refractivity contribution < 1.29 is 13.5 Å². The Hall–Kier alpha value is -1.74. The van der Waals surface area contributed by atoms with E-state index in [9.17, 15) is 8.78 Å². The molecular weight excluding hydrogens is 451 g/mol. The van der Waals surface area contributed by atoms with Gasteiger partial charge in [-0.3, -0.25) is 0 Å². The van der Waals surface area contributed by atoms with Crippen LogP contribution in [0.2, 0.25) is 0 Å². The van der Waals surface area contributed by atoms with E-state index in [1.54, 1.807) is 7.11 Å². The largest absolute Gasteiger partial charge is 0.380 e. The Kier molecular flexibility index (Phi) is 10.1. The first-order valence-electron chi connectivity index (χ1n) is 8.15. The lowest BCUT2D eigenvalue weighted by atomic mass is 10.1. The van der Waals surface area contributed by atoms with Crippen LogP contribution in [0.1, 0.15) is 23.6 Å². The van der Waals surface area contributed by atoms with E-state index in [-0.39, 0.29) is 36.1 Å². The molecule has 4 nitrogen and oxygen atoms in total. The molecule has 0 bridgehead atoms. The van der Waals surface area contributed by atoms with Gasteiger partial charge in [0.15, 0.2) is 5.96 Å². The van der Waals surface area contributed by atoms with E-state index in [1.807, 2.05) is 31.2 Å². The van der Waals surface area contributed by atoms with Crippen molar-refractivity contribution in [1.29, 1.82) is 0 Å². The Morgan fingerprint density at radius 2 is 1.77 bits per heavy atom. The van der Waals surface area contributed by atoms with E-state index in [0.29, 0.717) is 25.7 Å². The molecule has 0 unspecified atom stereocenters. The minimum absolute atomic E-state index is 0. The molecule has 2 N–H and O–H groups in total. The van der Waals surface area contributed by atoms with Crippen molar-refractivity contribution in [2.24, 2.45) is 4.99 Å². The van der Waals surface area contributed by atoms with Gasteiger partial charge in [-0.25, -0.2) is 13.8 Å². The van der Waals surface area contributed by atoms with Gasteiger partial charge in [-0.2, -0.15) is 0 Å². The highest BCUT2D eigenvalue weighted by Crippen LogP contribution is 2.11. The topological polar surface area (TPSA) is 45.7 Å². The minimum atomic E-state index is -0.474. The van der Waals surface area contributed by atoms with Crippen LogP contribution in [0, 0.1) is 11.6 Å². The number of nitrogens with zero attached hydrogens (tertiary/aromatic N) is 1. The molecule has 0 atom stereocenters. The summed E-state index contributed by atoms with van der Waals surface area (Å²) in [4.78, 5) is 4.33. The molecule has 0 saturated heterocycles. The number of aliphatic imine (C=N–C) groups is 1. The SMILES string of the molecule is CCNC(=NCc1cc(F)ccc1F)NCc1ccccc1COC.I. The molecule has 2 aromatic carbocycles. The van der Waals surface area contributed by atoms with Crippen molar-refractivity contribution >= 4 is 29.9 Å². The van der Waals surface area contributed by atoms with Crippen molar-refractivity contribution in [3.8, 4) is 0 Å². The second kappa shape index (κ2) is 11.8. The third-order valence-corrected chi connectivity index (χ3v) is 3.62. The fourth-order valence-corrected chi connectivity index (χ4v) is 2.38. The molecule has 0 radical (unpaired) electrons. The quantitative estimate of drug-likeness (QED) is 0.362. The summed E-state index contributed by atoms with van der Waals surface area (Å²) in [5.74, 6) is -0.400. The monoisotopic (exact) mass is 475 g/mol. The predicted octanol–water partition coefficient (Wildman–Crippen LogP) is 3.98. The molecule has 7 heteroatoms. The van der Waals surface area contributed by atoms with Gasteiger partial charge in [0, 0.05) is 25.8 Å². The smallest absolute Gasteiger partial charge is 0.191 e. The molecule has 0 fully saturated rings. The summed E-state index contributed by atoms with van der Waals surface area (Å²) >= 11 is 0. The first-order chi connectivity index (χ1) is 12.1. The van der Waals surface area contributed by atoms with E-state index in [1.165, 1.54) is 0 Å². The number of benzene rings is 2. The van der Waals surface area contributed by atoms with Gasteiger partial charge in [-0.05, 0) is 36.2 Å². The number of rotatable bonds is 7. The maximum absolute atomic E-state index is 13.7. The van der Waals surface area contributed by atoms with Gasteiger partial charge < -0.3 is 15.4 Å². The van der Waals surface area contributed by atoms with Crippen LogP contribution < -0.4 is 10.6 Å². The summed E-state index contributed by atoms with van der Waals surface area (Å²) in [5.41, 5.74) is 2.40. The average molecular weight is 475 g/mol. The second-order valence-electron chi connectivity index (χ2n) is 5.49. The second-order valence-corrected chi connectivity index (χ2v) is 5.49. The Labute approximate surface area is 170 Å². The Bertz CT molecular complexity index is 726. The minimum Gasteiger partial charge on any atom is -0.380 e. The van der Waals surface area contributed by atoms with Crippen LogP contribution in [0.25, 0.3) is 0 Å². The van der Waals surface area contributed by atoms with Gasteiger partial charge in [0.1, 0.15) is 11.6 Å². The summed E-state index contributed by atoms with van der Waals surface area (Å²) < 4.78 is 32.2. The van der Waals surface area contributed by atoms with Crippen LogP contribution in [0.3, 0.4) is 0 Å². The highest BCUT2D eigenvalue weighted by molar-refractivity contribution is 14.0. The number of hydrogen-bond acceptors (Lipinski definition) is 2. The predicted molar refractivity (Wildman–Crippen MR) is 111 cm³/mol. The summed E-state index contributed by atoms with van der Waals surface area (Å²) in [6.07, 6.45) is 0. The molecule has 2 aromatic rings. The Balaban J connectivity index is 0.00000338. The lowest BCUT2D eigenvalue weighted by Gasteiger charge is -2.14. The highest BCUT2D eigenvalue weighted by Gasteiger charge is 2.06. The molecule has 26 heavy (non-hydrogen) atoms. The maximum atomic E-state index is 13.7. The molecule has 0 aliphatic heterocycles. The van der Waals surface area contributed by atoms with Gasteiger partial charge in [0.25, 0.3) is 0 Å². The van der Waals surface area contributed by atoms with E-state index in [4.69, 9.17) is 4.74 Å². The summed E-state index contributed by atoms with van der Waals surface area (Å²) in [6, 6.07) is 11.3. The van der Waals surface area contributed by atoms with Gasteiger partial charge in [0.2, 0.25) is 0 Å². The van der Waals surface area contributed by atoms with Crippen LogP contribution in [0.5, 0.6) is 0 Å². The zero-order valence-electron chi connectivity index (χ0n) is 14.9. The number of hydrogen-bond donors (Lipinski definition) is 2. The van der Waals surface area contributed by atoms with Crippen LogP contribution >= 0.6 is 24.0 Å². The molecule has 0 amide bonds. The first kappa shape index (κ1) is 22.3. The molecule has 0 heterocycles. The number of halogens is 3. The van der Waals surface area contributed by atoms with Gasteiger partial charge in [0.05, 0.1) is 13.2 Å². The molecule has 142 valence electrons. The van der Waals surface area contributed by atoms with Crippen molar-refractivity contribution in [3.05, 3.63) is 70.8 Å². The molecular formula is C19H24F2IN3O. The molecule has 0 saturated carbocycles. The lowest BCUT2D eigenvalue weighted by Crippen LogP contribution is -2.37. The maximum Gasteiger partial charge on any atom is 0.191 e. The zero-order chi connectivity index (χ0) is 18.1. The zero-order valence-corrected chi connectivity index (χ0v) is 17.2. The Morgan fingerprint density at radius 3 is 2.46 bits per heavy atom. The van der Waals surface area contributed by atoms with Gasteiger partial charge >= 0.3 is 0 Å². The lowest BCUT2D eigenvalue weighted by molar-refractivity contribution is 0.184. The number of nitrogens with one attached hydrogen (secondary N) is 2. The van der Waals surface area contributed by atoms with Crippen LogP contribution in [-0.2, 0) is 24.4 Å². The van der Waals surface area contributed by atoms with Crippen molar-refractivity contribution in [1.82, 2.24) is 10.6 Å². The van der Waals surface area contributed by atoms with Crippen molar-refractivity contribution in [2.75, 3.05) is 13.7 Å². The molecule has 0 aliphatic carbocycles. The fourth-order valence-electron chi connectivity index (χ4n) is 2.38. The number of ether oxygens (including phenoxy) is 1. The third kappa shape index (κ3) is 6.87. The number of methoxy groups -OCH3 is 1. The molecule has 0 aromatic heterocycles. The van der Waals surface area contributed by atoms with Gasteiger partial charge in [-0.1, -0.05) is 24.3 Å². The number of guanidine groups is 1. The van der Waals surface area contributed by atoms with Crippen LogP contribution in [0.4, 0.5) is 8.78 Å². The van der Waals surface area contributed by atoms with E-state index >= 15 is 0 Å². The van der Waals surface area contributed by atoms with Crippen LogP contribution in [-0.4, -0.2) is 19.6 Å². The average Bonchev–Trinajstić information content (AvgIpc) is 2.61. The van der Waals surface area contributed by atoms with Crippen LogP contribution in [0.15, 0.2) is 47.5 Å². The fraction of sp³-hybridized carbons (Fsp3) is 0.316. The van der Waals surface area contributed by atoms with Crippen molar-refractivity contribution in [3.63, 3.8) is 0 Å². The normalized spacial score (nSPS) is 11.0. The van der Waals surface area contributed by atoms with Crippen molar-refractivity contribution in [2.45, 2.75) is 26.6 Å². The standard InChI is InChI=1S/C19H23F2N3O.HI/c1-3-22-19(24-12-16-10-17(20)8-9-18(16)21)23-11-14-6-4-5-7-15(14)13-25-2;/h4-10H,3,11-13H2,1-2H3,(H2,22,23,24);1H. The van der Waals surface area contributed by atoms with E-state index in [2.05, 4.69) is 15.6 Å². The summed E-state index contributed by atoms with van der Waals surface area (Å²) in [6.45, 7) is 3.74. The third-order valence-electron chi connectivity index (χ3n) is 3.62. The molecule has 0 spiro atoms. The van der Waals surface area contributed by atoms with E-state index in [0.717, 1.165) is 29.3 Å². The van der Waals surface area contributed by atoms with Gasteiger partial charge in [-0.15, -0.1) is 24.0 Å². The molecule has 2 rings (SSSR count). The first-order valence-corrected chi connectivity index (χ1v) is 8.15. The van der Waals surface area contributed by atoms with E-state index < -0.39 is 11.6 Å². The summed E-state index contributed by atoms with van der Waals surface area (Å²) in [7, 11) is 1.66. The summed E-state index contributed by atoms with van der Waals surface area (Å²) in [5, 5.41) is 6.31.